The summed E-state index contributed by atoms with van der Waals surface area (Å²) in [6.07, 6.45) is 1.19. The van der Waals surface area contributed by atoms with Crippen LogP contribution in [0.2, 0.25) is 0 Å². The third-order valence-electron chi connectivity index (χ3n) is 2.90. The van der Waals surface area contributed by atoms with E-state index in [-0.39, 0.29) is 11.9 Å². The van der Waals surface area contributed by atoms with E-state index in [9.17, 15) is 4.39 Å². The maximum Gasteiger partial charge on any atom is 0.128 e. The summed E-state index contributed by atoms with van der Waals surface area (Å²) in [5.74, 6) is -0.161. The predicted octanol–water partition coefficient (Wildman–Crippen LogP) is 2.72. The highest BCUT2D eigenvalue weighted by Crippen LogP contribution is 2.20. The quantitative estimate of drug-likeness (QED) is 0.808. The molecule has 0 saturated carbocycles. The molecular formula is C12H16FNO. The molecule has 1 N–H and O–H groups in total. The molecular weight excluding hydrogens is 193 g/mol. The topological polar surface area (TPSA) is 21.3 Å². The van der Waals surface area contributed by atoms with Crippen molar-refractivity contribution in [1.82, 2.24) is 0 Å². The van der Waals surface area contributed by atoms with Gasteiger partial charge >= 0.3 is 0 Å². The normalized spacial score (nSPS) is 25.5. The molecule has 1 fully saturated rings. The molecule has 2 nitrogen and oxygen atoms in total. The van der Waals surface area contributed by atoms with Crippen molar-refractivity contribution in [3.05, 3.63) is 29.6 Å². The van der Waals surface area contributed by atoms with Crippen LogP contribution in [-0.2, 0) is 4.74 Å². The lowest BCUT2D eigenvalue weighted by molar-refractivity contribution is 0.121. The van der Waals surface area contributed by atoms with Gasteiger partial charge in [0.05, 0.1) is 12.1 Å². The Balaban J connectivity index is 2.07. The van der Waals surface area contributed by atoms with E-state index in [2.05, 4.69) is 5.32 Å². The van der Waals surface area contributed by atoms with Crippen molar-refractivity contribution >= 4 is 5.69 Å². The number of hydrogen-bond donors (Lipinski definition) is 1. The van der Waals surface area contributed by atoms with Crippen LogP contribution in [0.3, 0.4) is 0 Å². The summed E-state index contributed by atoms with van der Waals surface area (Å²) in [5.41, 5.74) is 1.51. The molecule has 2 rings (SSSR count). The van der Waals surface area contributed by atoms with Gasteiger partial charge in [-0.15, -0.1) is 0 Å². The first kappa shape index (κ1) is 10.4. The molecule has 1 saturated heterocycles. The van der Waals surface area contributed by atoms with Crippen LogP contribution in [0, 0.1) is 12.7 Å². The molecule has 1 aliphatic heterocycles. The minimum Gasteiger partial charge on any atom is -0.380 e. The van der Waals surface area contributed by atoms with Crippen LogP contribution in [0.4, 0.5) is 10.1 Å². The molecule has 0 bridgehead atoms. The molecule has 82 valence electrons. The first-order valence-electron chi connectivity index (χ1n) is 5.31. The summed E-state index contributed by atoms with van der Waals surface area (Å²) in [4.78, 5) is 0. The van der Waals surface area contributed by atoms with E-state index in [0.717, 1.165) is 18.7 Å². The Morgan fingerprint density at radius 3 is 2.87 bits per heavy atom. The number of aryl methyl sites for hydroxylation is 1. The lowest BCUT2D eigenvalue weighted by atomic mass is 10.1. The Kier molecular flexibility index (Phi) is 2.91. The van der Waals surface area contributed by atoms with E-state index < -0.39 is 0 Å². The Hall–Kier alpha value is -1.09. The third kappa shape index (κ3) is 2.29. The van der Waals surface area contributed by atoms with Gasteiger partial charge in [-0.2, -0.15) is 0 Å². The van der Waals surface area contributed by atoms with Crippen molar-refractivity contribution in [3.63, 3.8) is 0 Å². The zero-order chi connectivity index (χ0) is 10.8. The molecule has 0 radical (unpaired) electrons. The molecule has 15 heavy (non-hydrogen) atoms. The lowest BCUT2D eigenvalue weighted by Crippen LogP contribution is -2.26. The van der Waals surface area contributed by atoms with Gasteiger partial charge in [-0.3, -0.25) is 0 Å². The molecule has 0 unspecified atom stereocenters. The van der Waals surface area contributed by atoms with Gasteiger partial charge in [-0.1, -0.05) is 6.07 Å². The summed E-state index contributed by atoms with van der Waals surface area (Å²) < 4.78 is 18.7. The molecule has 0 spiro atoms. The Bertz CT molecular complexity index is 353. The van der Waals surface area contributed by atoms with Crippen LogP contribution in [0.5, 0.6) is 0 Å². The van der Waals surface area contributed by atoms with E-state index >= 15 is 0 Å². The van der Waals surface area contributed by atoms with Crippen LogP contribution in [-0.4, -0.2) is 18.8 Å². The fraction of sp³-hybridized carbons (Fsp3) is 0.500. The number of rotatable bonds is 2. The second kappa shape index (κ2) is 4.19. The van der Waals surface area contributed by atoms with E-state index in [1.807, 2.05) is 13.0 Å². The molecule has 1 aromatic rings. The Morgan fingerprint density at radius 1 is 1.47 bits per heavy atom. The van der Waals surface area contributed by atoms with Gasteiger partial charge in [0.15, 0.2) is 0 Å². The fourth-order valence-corrected chi connectivity index (χ4v) is 1.82. The fourth-order valence-electron chi connectivity index (χ4n) is 1.82. The zero-order valence-electron chi connectivity index (χ0n) is 9.09. The van der Waals surface area contributed by atoms with E-state index in [1.165, 1.54) is 0 Å². The standard InChI is InChI=1S/C12H16FNO/c1-8-3-4-10(7-11(8)13)14-12-5-6-15-9(12)2/h3-4,7,9,12,14H,5-6H2,1-2H3/t9-,12-/m0/s1. The number of halogens is 1. The minimum atomic E-state index is -0.161. The maximum absolute atomic E-state index is 13.3. The highest BCUT2D eigenvalue weighted by atomic mass is 19.1. The largest absolute Gasteiger partial charge is 0.380 e. The highest BCUT2D eigenvalue weighted by molar-refractivity contribution is 5.46. The van der Waals surface area contributed by atoms with Gasteiger partial charge in [0.25, 0.3) is 0 Å². The average molecular weight is 209 g/mol. The summed E-state index contributed by atoms with van der Waals surface area (Å²) in [6, 6.07) is 5.54. The number of ether oxygens (including phenoxy) is 1. The van der Waals surface area contributed by atoms with Crippen molar-refractivity contribution in [2.75, 3.05) is 11.9 Å². The molecule has 1 heterocycles. The van der Waals surface area contributed by atoms with Crippen LogP contribution < -0.4 is 5.32 Å². The number of nitrogens with one attached hydrogen (secondary N) is 1. The second-order valence-corrected chi connectivity index (χ2v) is 4.08. The van der Waals surface area contributed by atoms with E-state index in [1.54, 1.807) is 19.1 Å². The maximum atomic E-state index is 13.3. The lowest BCUT2D eigenvalue weighted by Gasteiger charge is -2.17. The monoisotopic (exact) mass is 209 g/mol. The van der Waals surface area contributed by atoms with Crippen molar-refractivity contribution in [1.29, 1.82) is 0 Å². The van der Waals surface area contributed by atoms with Crippen LogP contribution in [0.25, 0.3) is 0 Å². The van der Waals surface area contributed by atoms with Crippen molar-refractivity contribution in [2.24, 2.45) is 0 Å². The minimum absolute atomic E-state index is 0.161. The first-order valence-corrected chi connectivity index (χ1v) is 5.31. The SMILES string of the molecule is Cc1ccc(N[C@H]2CCO[C@H]2C)cc1F. The van der Waals surface area contributed by atoms with Crippen LogP contribution in [0.1, 0.15) is 18.9 Å². The first-order chi connectivity index (χ1) is 7.16. The second-order valence-electron chi connectivity index (χ2n) is 4.08. The van der Waals surface area contributed by atoms with Gasteiger partial charge in [-0.05, 0) is 38.0 Å². The van der Waals surface area contributed by atoms with E-state index in [4.69, 9.17) is 4.74 Å². The molecule has 0 amide bonds. The molecule has 3 heteroatoms. The molecule has 1 aliphatic rings. The molecule has 1 aromatic carbocycles. The van der Waals surface area contributed by atoms with Gasteiger partial charge in [0.1, 0.15) is 5.82 Å². The van der Waals surface area contributed by atoms with Crippen molar-refractivity contribution in [3.8, 4) is 0 Å². The van der Waals surface area contributed by atoms with Crippen LogP contribution in [0.15, 0.2) is 18.2 Å². The molecule has 2 atom stereocenters. The van der Waals surface area contributed by atoms with Crippen LogP contribution >= 0.6 is 0 Å². The molecule has 0 aromatic heterocycles. The zero-order valence-corrected chi connectivity index (χ0v) is 9.09. The average Bonchev–Trinajstić information content (AvgIpc) is 2.59. The highest BCUT2D eigenvalue weighted by Gasteiger charge is 2.23. The van der Waals surface area contributed by atoms with Gasteiger partial charge in [0, 0.05) is 12.3 Å². The third-order valence-corrected chi connectivity index (χ3v) is 2.90. The molecule has 0 aliphatic carbocycles. The van der Waals surface area contributed by atoms with Crippen molar-refractivity contribution in [2.45, 2.75) is 32.4 Å². The number of hydrogen-bond acceptors (Lipinski definition) is 2. The van der Waals surface area contributed by atoms with E-state index in [0.29, 0.717) is 11.6 Å². The van der Waals surface area contributed by atoms with Gasteiger partial charge in [-0.25, -0.2) is 4.39 Å². The Labute approximate surface area is 89.4 Å². The smallest absolute Gasteiger partial charge is 0.128 e. The number of anilines is 1. The number of benzene rings is 1. The van der Waals surface area contributed by atoms with Gasteiger partial charge in [0.2, 0.25) is 0 Å². The summed E-state index contributed by atoms with van der Waals surface area (Å²) in [7, 11) is 0. The van der Waals surface area contributed by atoms with Gasteiger partial charge < -0.3 is 10.1 Å². The summed E-state index contributed by atoms with van der Waals surface area (Å²) in [6.45, 7) is 4.59. The predicted molar refractivity (Wildman–Crippen MR) is 58.6 cm³/mol. The Morgan fingerprint density at radius 2 is 2.27 bits per heavy atom. The summed E-state index contributed by atoms with van der Waals surface area (Å²) in [5, 5.41) is 3.29. The summed E-state index contributed by atoms with van der Waals surface area (Å²) >= 11 is 0. The van der Waals surface area contributed by atoms with Crippen molar-refractivity contribution < 1.29 is 9.13 Å².